The first-order chi connectivity index (χ1) is 9.88. The van der Waals surface area contributed by atoms with Crippen LogP contribution >= 0.6 is 50.1 Å². The Morgan fingerprint density at radius 1 is 1.19 bits per heavy atom. The maximum absolute atomic E-state index is 12.1. The Kier molecular flexibility index (Phi) is 5.23. The Labute approximate surface area is 147 Å². The Bertz CT molecular complexity index is 736. The highest BCUT2D eigenvalue weighted by Crippen LogP contribution is 2.23. The molecule has 0 heterocycles. The lowest BCUT2D eigenvalue weighted by Gasteiger charge is -2.08. The van der Waals surface area contributed by atoms with E-state index in [1.165, 1.54) is 6.07 Å². The molecule has 0 saturated carbocycles. The number of nitrogens with one attached hydrogen (secondary N) is 1. The SMILES string of the molecule is O=C(Nc1ccc(Br)c(C(=O)O)c1)c1ccc(I)c(Cl)c1. The quantitative estimate of drug-likeness (QED) is 0.629. The second-order valence-electron chi connectivity index (χ2n) is 4.08. The van der Waals surface area contributed by atoms with Gasteiger partial charge in [0.2, 0.25) is 0 Å². The molecule has 2 rings (SSSR count). The van der Waals surface area contributed by atoms with Gasteiger partial charge in [-0.25, -0.2) is 4.79 Å². The van der Waals surface area contributed by atoms with E-state index in [1.807, 2.05) is 0 Å². The number of halogens is 3. The highest BCUT2D eigenvalue weighted by molar-refractivity contribution is 14.1. The summed E-state index contributed by atoms with van der Waals surface area (Å²) in [6.07, 6.45) is 0. The van der Waals surface area contributed by atoms with Crippen LogP contribution < -0.4 is 5.32 Å². The second kappa shape index (κ2) is 6.76. The van der Waals surface area contributed by atoms with Crippen molar-refractivity contribution in [2.24, 2.45) is 0 Å². The minimum absolute atomic E-state index is 0.0773. The average Bonchev–Trinajstić information content (AvgIpc) is 2.43. The number of rotatable bonds is 3. The third kappa shape index (κ3) is 3.96. The zero-order valence-electron chi connectivity index (χ0n) is 10.4. The first kappa shape index (κ1) is 16.3. The molecule has 0 spiro atoms. The van der Waals surface area contributed by atoms with Gasteiger partial charge in [0.05, 0.1) is 10.6 Å². The van der Waals surface area contributed by atoms with Crippen LogP contribution in [0.2, 0.25) is 5.02 Å². The molecule has 108 valence electrons. The van der Waals surface area contributed by atoms with Crippen molar-refractivity contribution in [3.63, 3.8) is 0 Å². The number of carbonyl (C=O) groups excluding carboxylic acids is 1. The molecule has 7 heteroatoms. The number of hydrogen-bond donors (Lipinski definition) is 2. The predicted molar refractivity (Wildman–Crippen MR) is 93.2 cm³/mol. The fourth-order valence-electron chi connectivity index (χ4n) is 1.61. The van der Waals surface area contributed by atoms with Gasteiger partial charge >= 0.3 is 5.97 Å². The van der Waals surface area contributed by atoms with Gasteiger partial charge < -0.3 is 10.4 Å². The van der Waals surface area contributed by atoms with Gasteiger partial charge in [-0.2, -0.15) is 0 Å². The number of carbonyl (C=O) groups is 2. The monoisotopic (exact) mass is 479 g/mol. The van der Waals surface area contributed by atoms with Gasteiger partial charge in [0.1, 0.15) is 0 Å². The molecule has 0 fully saturated rings. The Morgan fingerprint density at radius 2 is 1.90 bits per heavy atom. The minimum Gasteiger partial charge on any atom is -0.478 e. The molecule has 2 aromatic rings. The summed E-state index contributed by atoms with van der Waals surface area (Å²) in [5, 5.41) is 12.2. The third-order valence-corrected chi connectivity index (χ3v) is 4.90. The molecule has 0 aromatic heterocycles. The molecule has 0 saturated heterocycles. The van der Waals surface area contributed by atoms with Crippen LogP contribution in [0.4, 0.5) is 5.69 Å². The Balaban J connectivity index is 2.25. The van der Waals surface area contributed by atoms with Gasteiger partial charge in [-0.3, -0.25) is 4.79 Å². The van der Waals surface area contributed by atoms with Crippen LogP contribution in [0, 0.1) is 3.57 Å². The summed E-state index contributed by atoms with van der Waals surface area (Å²) in [6, 6.07) is 9.53. The molecule has 1 amide bonds. The number of carboxylic acids is 1. The van der Waals surface area contributed by atoms with E-state index in [0.29, 0.717) is 20.7 Å². The average molecular weight is 480 g/mol. The third-order valence-electron chi connectivity index (χ3n) is 2.64. The van der Waals surface area contributed by atoms with E-state index in [1.54, 1.807) is 30.3 Å². The zero-order valence-corrected chi connectivity index (χ0v) is 14.9. The van der Waals surface area contributed by atoms with Crippen molar-refractivity contribution in [3.8, 4) is 0 Å². The summed E-state index contributed by atoms with van der Waals surface area (Å²) in [5.41, 5.74) is 0.879. The standard InChI is InChI=1S/C14H8BrClINO3/c15-10-3-2-8(6-9(10)14(20)21)18-13(19)7-1-4-12(17)11(16)5-7/h1-6H,(H,18,19)(H,20,21). The van der Waals surface area contributed by atoms with Crippen molar-refractivity contribution in [2.75, 3.05) is 5.32 Å². The molecule has 4 nitrogen and oxygen atoms in total. The van der Waals surface area contributed by atoms with Crippen LogP contribution in [0.15, 0.2) is 40.9 Å². The largest absolute Gasteiger partial charge is 0.478 e. The van der Waals surface area contributed by atoms with Crippen molar-refractivity contribution in [1.29, 1.82) is 0 Å². The van der Waals surface area contributed by atoms with Crippen molar-refractivity contribution >= 4 is 67.7 Å². The number of amides is 1. The Hall–Kier alpha value is -1.12. The summed E-state index contributed by atoms with van der Waals surface area (Å²) < 4.78 is 1.30. The van der Waals surface area contributed by atoms with E-state index in [9.17, 15) is 9.59 Å². The van der Waals surface area contributed by atoms with Crippen LogP contribution in [-0.2, 0) is 0 Å². The lowest BCUT2D eigenvalue weighted by molar-refractivity contribution is 0.0695. The van der Waals surface area contributed by atoms with E-state index in [-0.39, 0.29) is 11.5 Å². The van der Waals surface area contributed by atoms with Crippen molar-refractivity contribution in [3.05, 3.63) is 60.6 Å². The number of benzene rings is 2. The number of carboxylic acid groups (broad SMARTS) is 1. The molecule has 0 atom stereocenters. The van der Waals surface area contributed by atoms with E-state index < -0.39 is 5.97 Å². The molecule has 0 unspecified atom stereocenters. The fraction of sp³-hybridized carbons (Fsp3) is 0. The van der Waals surface area contributed by atoms with E-state index >= 15 is 0 Å². The summed E-state index contributed by atoms with van der Waals surface area (Å²) in [4.78, 5) is 23.2. The highest BCUT2D eigenvalue weighted by atomic mass is 127. The van der Waals surface area contributed by atoms with Gasteiger partial charge in [0.25, 0.3) is 5.91 Å². The second-order valence-corrected chi connectivity index (χ2v) is 6.51. The molecule has 21 heavy (non-hydrogen) atoms. The first-order valence-electron chi connectivity index (χ1n) is 5.67. The van der Waals surface area contributed by atoms with Gasteiger partial charge in [-0.1, -0.05) is 11.6 Å². The number of aromatic carboxylic acids is 1. The Morgan fingerprint density at radius 3 is 2.52 bits per heavy atom. The first-order valence-corrected chi connectivity index (χ1v) is 7.92. The maximum Gasteiger partial charge on any atom is 0.336 e. The van der Waals surface area contributed by atoms with Crippen molar-refractivity contribution in [2.45, 2.75) is 0 Å². The van der Waals surface area contributed by atoms with Crippen LogP contribution in [0.5, 0.6) is 0 Å². The van der Waals surface area contributed by atoms with Gasteiger partial charge in [-0.05, 0) is 74.9 Å². The molecule has 2 N–H and O–H groups in total. The van der Waals surface area contributed by atoms with Crippen LogP contribution in [0.1, 0.15) is 20.7 Å². The van der Waals surface area contributed by atoms with E-state index in [0.717, 1.165) is 3.57 Å². The lowest BCUT2D eigenvalue weighted by atomic mass is 10.1. The summed E-state index contributed by atoms with van der Waals surface area (Å²) in [5.74, 6) is -1.43. The smallest absolute Gasteiger partial charge is 0.336 e. The van der Waals surface area contributed by atoms with Crippen molar-refractivity contribution < 1.29 is 14.7 Å². The van der Waals surface area contributed by atoms with Crippen LogP contribution in [0.3, 0.4) is 0 Å². The minimum atomic E-state index is -1.07. The molecule has 0 radical (unpaired) electrons. The van der Waals surface area contributed by atoms with Gasteiger partial charge in [0.15, 0.2) is 0 Å². The predicted octanol–water partition coefficient (Wildman–Crippen LogP) is 4.66. The van der Waals surface area contributed by atoms with Crippen LogP contribution in [0.25, 0.3) is 0 Å². The molecular weight excluding hydrogens is 472 g/mol. The summed E-state index contributed by atoms with van der Waals surface area (Å²) in [7, 11) is 0. The van der Waals surface area contributed by atoms with E-state index in [2.05, 4.69) is 43.8 Å². The number of hydrogen-bond acceptors (Lipinski definition) is 2. The normalized spacial score (nSPS) is 10.2. The lowest BCUT2D eigenvalue weighted by Crippen LogP contribution is -2.12. The highest BCUT2D eigenvalue weighted by Gasteiger charge is 2.12. The van der Waals surface area contributed by atoms with Crippen LogP contribution in [-0.4, -0.2) is 17.0 Å². The molecule has 2 aromatic carbocycles. The van der Waals surface area contributed by atoms with E-state index in [4.69, 9.17) is 16.7 Å². The molecular formula is C14H8BrClINO3. The molecule has 0 aliphatic heterocycles. The van der Waals surface area contributed by atoms with Gasteiger partial charge in [-0.15, -0.1) is 0 Å². The van der Waals surface area contributed by atoms with Gasteiger partial charge in [0, 0.05) is 19.3 Å². The summed E-state index contributed by atoms with van der Waals surface area (Å²) in [6.45, 7) is 0. The molecule has 0 aliphatic rings. The van der Waals surface area contributed by atoms with Crippen molar-refractivity contribution in [1.82, 2.24) is 0 Å². The zero-order chi connectivity index (χ0) is 15.6. The molecule has 0 bridgehead atoms. The molecule has 0 aliphatic carbocycles. The number of anilines is 1. The topological polar surface area (TPSA) is 66.4 Å². The summed E-state index contributed by atoms with van der Waals surface area (Å²) >= 11 is 11.2. The maximum atomic E-state index is 12.1. The fourth-order valence-corrected chi connectivity index (χ4v) is 2.54.